The Kier molecular flexibility index (Phi) is 13.2. The molecule has 49 heavy (non-hydrogen) atoms. The molecule has 0 saturated carbocycles. The summed E-state index contributed by atoms with van der Waals surface area (Å²) in [5.74, 6) is -1.31. The largest absolute Gasteiger partial charge is 0.463 e. The van der Waals surface area contributed by atoms with E-state index in [4.69, 9.17) is 28.4 Å². The van der Waals surface area contributed by atoms with Crippen LogP contribution in [0.2, 0.25) is 0 Å². The number of aliphatic hydroxyl groups is 8. The van der Waals surface area contributed by atoms with Crippen LogP contribution >= 0.6 is 0 Å². The summed E-state index contributed by atoms with van der Waals surface area (Å²) in [6.45, 7) is 0.0715. The quantitative estimate of drug-likeness (QED) is 0.0716. The molecule has 0 spiro atoms. The lowest BCUT2D eigenvalue weighted by Gasteiger charge is -2.48. The molecule has 0 bridgehead atoms. The van der Waals surface area contributed by atoms with Gasteiger partial charge in [-0.3, -0.25) is 19.7 Å². The van der Waals surface area contributed by atoms with Crippen molar-refractivity contribution in [3.05, 3.63) is 34.4 Å². The number of nitrogens with zero attached hydrogens (tertiary/aromatic N) is 1. The van der Waals surface area contributed by atoms with Gasteiger partial charge < -0.3 is 79.9 Å². The maximum Gasteiger partial charge on any atom is 0.269 e. The van der Waals surface area contributed by atoms with Crippen LogP contribution in [-0.4, -0.2) is 169 Å². The summed E-state index contributed by atoms with van der Waals surface area (Å²) < 4.78 is 34.5. The molecule has 0 radical (unpaired) electrons. The van der Waals surface area contributed by atoms with Crippen molar-refractivity contribution in [1.29, 1.82) is 0 Å². The van der Waals surface area contributed by atoms with Gasteiger partial charge in [-0.1, -0.05) is 0 Å². The van der Waals surface area contributed by atoms with Crippen LogP contribution in [0.15, 0.2) is 24.3 Å². The summed E-state index contributed by atoms with van der Waals surface area (Å²) in [6.07, 6.45) is -21.4. The monoisotopic (exact) mass is 707 g/mol. The molecule has 10 N–H and O–H groups in total. The number of ether oxygens (including phenoxy) is 6. The van der Waals surface area contributed by atoms with Crippen molar-refractivity contribution in [2.75, 3.05) is 19.8 Å². The van der Waals surface area contributed by atoms with Crippen LogP contribution in [0.5, 0.6) is 5.75 Å². The molecule has 15 atom stereocenters. The van der Waals surface area contributed by atoms with Gasteiger partial charge in [-0.25, -0.2) is 0 Å². The van der Waals surface area contributed by atoms with Crippen molar-refractivity contribution in [1.82, 2.24) is 10.6 Å². The van der Waals surface area contributed by atoms with E-state index in [2.05, 4.69) is 10.6 Å². The average Bonchev–Trinajstić information content (AvgIpc) is 3.06. The number of hydrogen-bond acceptors (Lipinski definition) is 18. The summed E-state index contributed by atoms with van der Waals surface area (Å²) in [4.78, 5) is 34.7. The van der Waals surface area contributed by atoms with Gasteiger partial charge in [-0.15, -0.1) is 0 Å². The molecule has 21 nitrogen and oxygen atoms in total. The van der Waals surface area contributed by atoms with Crippen molar-refractivity contribution in [2.45, 2.75) is 106 Å². The number of carbonyl (C=O) groups is 2. The van der Waals surface area contributed by atoms with E-state index in [0.29, 0.717) is 0 Å². The van der Waals surface area contributed by atoms with Gasteiger partial charge in [0.2, 0.25) is 18.1 Å². The van der Waals surface area contributed by atoms with Crippen molar-refractivity contribution >= 4 is 17.5 Å². The molecular formula is C28H41N3O18. The molecule has 1 aromatic carbocycles. The van der Waals surface area contributed by atoms with Crippen LogP contribution in [-0.2, 0) is 33.3 Å². The molecule has 3 aliphatic heterocycles. The Morgan fingerprint density at radius 1 is 0.735 bits per heavy atom. The van der Waals surface area contributed by atoms with E-state index >= 15 is 0 Å². The van der Waals surface area contributed by atoms with E-state index in [1.165, 1.54) is 12.1 Å². The van der Waals surface area contributed by atoms with Crippen LogP contribution in [0.1, 0.15) is 13.8 Å². The summed E-state index contributed by atoms with van der Waals surface area (Å²) in [7, 11) is 0. The summed E-state index contributed by atoms with van der Waals surface area (Å²) in [6, 6.07) is 1.92. The third-order valence-electron chi connectivity index (χ3n) is 8.16. The topological polar surface area (TPSA) is 319 Å². The van der Waals surface area contributed by atoms with Crippen LogP contribution in [0.4, 0.5) is 5.69 Å². The summed E-state index contributed by atoms with van der Waals surface area (Å²) in [5, 5.41) is 98.9. The molecule has 3 aliphatic rings. The average molecular weight is 708 g/mol. The molecule has 0 unspecified atom stereocenters. The molecular weight excluding hydrogens is 666 g/mol. The number of benzene rings is 1. The van der Waals surface area contributed by atoms with E-state index < -0.39 is 129 Å². The molecule has 3 heterocycles. The molecule has 0 aliphatic carbocycles. The lowest BCUT2D eigenvalue weighted by molar-refractivity contribution is -0.384. The van der Waals surface area contributed by atoms with E-state index in [1.807, 2.05) is 0 Å². The highest BCUT2D eigenvalue weighted by Crippen LogP contribution is 2.32. The van der Waals surface area contributed by atoms with Crippen molar-refractivity contribution in [3.8, 4) is 5.75 Å². The second-order valence-electron chi connectivity index (χ2n) is 11.7. The number of hydrogen-bond donors (Lipinski definition) is 10. The third kappa shape index (κ3) is 8.96. The first-order chi connectivity index (χ1) is 23.2. The Hall–Kier alpha value is -3.16. The van der Waals surface area contributed by atoms with Crippen molar-refractivity contribution in [2.24, 2.45) is 0 Å². The van der Waals surface area contributed by atoms with Gasteiger partial charge in [0.25, 0.3) is 5.69 Å². The van der Waals surface area contributed by atoms with E-state index in [1.54, 1.807) is 0 Å². The zero-order chi connectivity index (χ0) is 36.2. The molecule has 21 heteroatoms. The Morgan fingerprint density at radius 2 is 1.27 bits per heavy atom. The second kappa shape index (κ2) is 16.7. The molecule has 276 valence electrons. The number of non-ortho nitro benzene ring substituents is 1. The van der Waals surface area contributed by atoms with Crippen LogP contribution in [0.25, 0.3) is 0 Å². The van der Waals surface area contributed by atoms with Gasteiger partial charge in [-0.2, -0.15) is 0 Å². The first kappa shape index (κ1) is 38.6. The Labute approximate surface area is 278 Å². The minimum atomic E-state index is -1.92. The van der Waals surface area contributed by atoms with Gasteiger partial charge in [-0.05, 0) is 12.1 Å². The fraction of sp³-hybridized carbons (Fsp3) is 0.714. The highest BCUT2D eigenvalue weighted by molar-refractivity contribution is 5.73. The summed E-state index contributed by atoms with van der Waals surface area (Å²) >= 11 is 0. The number of amides is 2. The van der Waals surface area contributed by atoms with Crippen LogP contribution in [0.3, 0.4) is 0 Å². The van der Waals surface area contributed by atoms with Gasteiger partial charge in [0.05, 0.1) is 24.7 Å². The SMILES string of the molecule is CC(=O)N[C@H]1[C@@H](OC[C@@H]2O[C@H](Oc3ccc([N+](=O)[O-])cc3)[C@H](NC(C)=O)[C@@H](O[C@H]3O[C@@H](CO)[C@H](O)[C@@H](O)[C@@H]3O)[C@@H]2O)O[C@H](CO)[C@@H](O)[C@@H]1O. The van der Waals surface area contributed by atoms with Gasteiger partial charge in [0, 0.05) is 26.0 Å². The number of rotatable bonds is 12. The predicted octanol–water partition coefficient (Wildman–Crippen LogP) is -5.29. The lowest BCUT2D eigenvalue weighted by atomic mass is 9.95. The second-order valence-corrected chi connectivity index (χ2v) is 11.7. The molecule has 4 rings (SSSR count). The standard InChI is InChI=1S/C28H41N3O18/c1-10(34)29-17-22(39)19(36)14(7-32)46-26(17)44-9-16-21(38)25(49-28-24(41)23(40)20(37)15(8-33)47-28)18(30-11(2)35)27(48-16)45-13-5-3-12(4-6-13)31(42)43/h3-6,14-28,32-33,36-41H,7-9H2,1-2H3,(H,29,34)(H,30,35)/t14-,15+,16+,17-,18-,19-,20+,21-,22-,23-,24+,25-,26+,27+,28-/m1/s1. The van der Waals surface area contributed by atoms with Gasteiger partial charge in [0.15, 0.2) is 12.6 Å². The predicted molar refractivity (Wildman–Crippen MR) is 156 cm³/mol. The molecule has 1 aromatic rings. The van der Waals surface area contributed by atoms with Crippen LogP contribution in [0, 0.1) is 10.1 Å². The van der Waals surface area contributed by atoms with Gasteiger partial charge in [0.1, 0.15) is 78.9 Å². The zero-order valence-electron chi connectivity index (χ0n) is 26.2. The minimum Gasteiger partial charge on any atom is -0.463 e. The Balaban J connectivity index is 1.65. The maximum absolute atomic E-state index is 12.3. The first-order valence-electron chi connectivity index (χ1n) is 15.2. The summed E-state index contributed by atoms with van der Waals surface area (Å²) in [5.41, 5.74) is -0.268. The number of nitro groups is 1. The molecule has 0 aromatic heterocycles. The third-order valence-corrected chi connectivity index (χ3v) is 8.16. The fourth-order valence-electron chi connectivity index (χ4n) is 5.62. The Morgan fingerprint density at radius 3 is 1.82 bits per heavy atom. The first-order valence-corrected chi connectivity index (χ1v) is 15.2. The fourth-order valence-corrected chi connectivity index (χ4v) is 5.62. The molecule has 3 saturated heterocycles. The van der Waals surface area contributed by atoms with Crippen LogP contribution < -0.4 is 15.4 Å². The number of nitrogens with one attached hydrogen (secondary N) is 2. The van der Waals surface area contributed by atoms with E-state index in [0.717, 1.165) is 26.0 Å². The minimum absolute atomic E-state index is 0.00201. The van der Waals surface area contributed by atoms with Crippen molar-refractivity contribution < 1.29 is 83.8 Å². The normalized spacial score (nSPS) is 39.5. The van der Waals surface area contributed by atoms with Gasteiger partial charge >= 0.3 is 0 Å². The highest BCUT2D eigenvalue weighted by Gasteiger charge is 2.53. The highest BCUT2D eigenvalue weighted by atomic mass is 16.7. The molecule has 2 amide bonds. The Bertz CT molecular complexity index is 1270. The zero-order valence-corrected chi connectivity index (χ0v) is 26.2. The number of carbonyl (C=O) groups excluding carboxylic acids is 2. The smallest absolute Gasteiger partial charge is 0.269 e. The maximum atomic E-state index is 12.3. The lowest BCUT2D eigenvalue weighted by Crippen LogP contribution is -2.69. The number of aliphatic hydroxyl groups excluding tert-OH is 8. The van der Waals surface area contributed by atoms with E-state index in [-0.39, 0.29) is 11.4 Å². The van der Waals surface area contributed by atoms with Crippen molar-refractivity contribution in [3.63, 3.8) is 0 Å². The number of nitro benzene ring substituents is 1. The van der Waals surface area contributed by atoms with E-state index in [9.17, 15) is 60.6 Å². The molecule has 3 fully saturated rings.